The van der Waals surface area contributed by atoms with Crippen LogP contribution in [0, 0.1) is 0 Å². The Labute approximate surface area is 87.7 Å². The van der Waals surface area contributed by atoms with Gasteiger partial charge in [0.1, 0.15) is 6.04 Å². The topological polar surface area (TPSA) is 81.0 Å². The molecule has 0 fully saturated rings. The van der Waals surface area contributed by atoms with Gasteiger partial charge in [-0.1, -0.05) is 18.2 Å². The van der Waals surface area contributed by atoms with Gasteiger partial charge in [0.05, 0.1) is 0 Å². The fraction of sp³-hybridized carbons (Fsp3) is 0.222. The lowest BCUT2D eigenvalue weighted by Gasteiger charge is -2.27. The van der Waals surface area contributed by atoms with E-state index in [0.29, 0.717) is 5.69 Å². The van der Waals surface area contributed by atoms with E-state index in [0.717, 1.165) is 4.81 Å². The number of hydrogen-bond acceptors (Lipinski definition) is 4. The van der Waals surface area contributed by atoms with Crippen LogP contribution in [0.1, 0.15) is 6.92 Å². The summed E-state index contributed by atoms with van der Waals surface area (Å²) in [6.07, 6.45) is 0. The van der Waals surface area contributed by atoms with E-state index in [2.05, 4.69) is 0 Å². The Morgan fingerprint density at radius 2 is 1.87 bits per heavy atom. The summed E-state index contributed by atoms with van der Waals surface area (Å²) < 4.78 is 0. The molecule has 1 aromatic rings. The molecule has 1 rings (SSSR count). The monoisotopic (exact) mass is 209 g/mol. The molecule has 5 nitrogen and oxygen atoms in total. The second-order valence-corrected chi connectivity index (χ2v) is 3.10. The molecule has 0 bridgehead atoms. The van der Waals surface area contributed by atoms with Crippen LogP contribution in [0.5, 0.6) is 0 Å². The SMILES string of the molecule is CC(C(=O)O)N(B(O)O)c1ccccc1. The second kappa shape index (κ2) is 4.81. The minimum atomic E-state index is -1.83. The highest BCUT2D eigenvalue weighted by molar-refractivity contribution is 6.47. The molecule has 1 atom stereocenters. The van der Waals surface area contributed by atoms with Crippen molar-refractivity contribution >= 4 is 18.9 Å². The van der Waals surface area contributed by atoms with Crippen molar-refractivity contribution in [3.05, 3.63) is 30.3 Å². The number of aliphatic carboxylic acids is 1. The van der Waals surface area contributed by atoms with E-state index in [9.17, 15) is 4.79 Å². The van der Waals surface area contributed by atoms with Gasteiger partial charge in [-0.25, -0.2) is 0 Å². The van der Waals surface area contributed by atoms with Crippen molar-refractivity contribution in [3.8, 4) is 0 Å². The molecule has 80 valence electrons. The van der Waals surface area contributed by atoms with Gasteiger partial charge in [0, 0.05) is 5.69 Å². The molecule has 0 spiro atoms. The molecule has 0 aliphatic rings. The predicted molar refractivity (Wildman–Crippen MR) is 56.2 cm³/mol. The smallest absolute Gasteiger partial charge is 0.480 e. The van der Waals surface area contributed by atoms with Gasteiger partial charge in [-0.15, -0.1) is 0 Å². The van der Waals surface area contributed by atoms with Gasteiger partial charge in [0.2, 0.25) is 0 Å². The minimum absolute atomic E-state index is 0.447. The summed E-state index contributed by atoms with van der Waals surface area (Å²) in [6, 6.07) is 7.36. The fourth-order valence-electron chi connectivity index (χ4n) is 1.28. The van der Waals surface area contributed by atoms with Crippen molar-refractivity contribution in [2.24, 2.45) is 0 Å². The summed E-state index contributed by atoms with van der Waals surface area (Å²) in [6.45, 7) is 1.38. The molecule has 1 aromatic carbocycles. The highest BCUT2D eigenvalue weighted by Gasteiger charge is 2.30. The third-order valence-corrected chi connectivity index (χ3v) is 2.08. The Hall–Kier alpha value is -1.53. The average Bonchev–Trinajstić information content (AvgIpc) is 2.18. The molecule has 0 aliphatic heterocycles. The number of carboxylic acids is 1. The Morgan fingerprint density at radius 3 is 2.27 bits per heavy atom. The van der Waals surface area contributed by atoms with Crippen LogP contribution in [0.25, 0.3) is 0 Å². The maximum Gasteiger partial charge on any atom is 0.588 e. The van der Waals surface area contributed by atoms with Crippen LogP contribution in [0.4, 0.5) is 5.69 Å². The van der Waals surface area contributed by atoms with Crippen molar-refractivity contribution in [2.75, 3.05) is 4.81 Å². The van der Waals surface area contributed by atoms with E-state index in [-0.39, 0.29) is 0 Å². The number of carboxylic acid groups (broad SMARTS) is 1. The Kier molecular flexibility index (Phi) is 3.71. The van der Waals surface area contributed by atoms with Crippen molar-refractivity contribution in [2.45, 2.75) is 13.0 Å². The van der Waals surface area contributed by atoms with Crippen LogP contribution in [0.2, 0.25) is 0 Å². The van der Waals surface area contributed by atoms with Crippen molar-refractivity contribution in [1.82, 2.24) is 0 Å². The highest BCUT2D eigenvalue weighted by atomic mass is 16.4. The summed E-state index contributed by atoms with van der Waals surface area (Å²) in [5, 5.41) is 27.0. The zero-order valence-electron chi connectivity index (χ0n) is 8.24. The Balaban J connectivity index is 2.99. The average molecular weight is 209 g/mol. The van der Waals surface area contributed by atoms with Gasteiger partial charge in [-0.2, -0.15) is 0 Å². The molecule has 15 heavy (non-hydrogen) atoms. The van der Waals surface area contributed by atoms with Crippen LogP contribution in [0.3, 0.4) is 0 Å². The van der Waals surface area contributed by atoms with Gasteiger partial charge in [0.15, 0.2) is 0 Å². The first-order chi connectivity index (χ1) is 7.04. The summed E-state index contributed by atoms with van der Waals surface area (Å²) >= 11 is 0. The second-order valence-electron chi connectivity index (χ2n) is 3.10. The number of hydrogen-bond donors (Lipinski definition) is 3. The predicted octanol–water partition coefficient (Wildman–Crippen LogP) is -0.0644. The third-order valence-electron chi connectivity index (χ3n) is 2.08. The van der Waals surface area contributed by atoms with E-state index in [1.165, 1.54) is 6.92 Å². The van der Waals surface area contributed by atoms with E-state index >= 15 is 0 Å². The van der Waals surface area contributed by atoms with Crippen LogP contribution >= 0.6 is 0 Å². The number of rotatable bonds is 4. The van der Waals surface area contributed by atoms with Crippen LogP contribution in [-0.4, -0.2) is 34.4 Å². The summed E-state index contributed by atoms with van der Waals surface area (Å²) in [4.78, 5) is 11.8. The third kappa shape index (κ3) is 2.71. The minimum Gasteiger partial charge on any atom is -0.480 e. The molecular formula is C9H12BNO4. The lowest BCUT2D eigenvalue weighted by molar-refractivity contribution is -0.138. The quantitative estimate of drug-likeness (QED) is 0.605. The van der Waals surface area contributed by atoms with Gasteiger partial charge < -0.3 is 20.0 Å². The first kappa shape index (κ1) is 11.5. The van der Waals surface area contributed by atoms with Crippen molar-refractivity contribution in [1.29, 1.82) is 0 Å². The first-order valence-corrected chi connectivity index (χ1v) is 4.46. The van der Waals surface area contributed by atoms with Crippen molar-refractivity contribution < 1.29 is 19.9 Å². The molecular weight excluding hydrogens is 197 g/mol. The zero-order chi connectivity index (χ0) is 11.4. The maximum absolute atomic E-state index is 10.8. The lowest BCUT2D eigenvalue weighted by Crippen LogP contribution is -2.49. The molecule has 0 radical (unpaired) electrons. The number of anilines is 1. The normalized spacial score (nSPS) is 11.9. The Morgan fingerprint density at radius 1 is 1.33 bits per heavy atom. The lowest BCUT2D eigenvalue weighted by atomic mass is 10.00. The standard InChI is InChI=1S/C9H12BNO4/c1-7(9(12)13)11(10(14)15)8-5-3-2-4-6-8/h2-7,14-15H,1H3,(H,12,13). The number of nitrogens with zero attached hydrogens (tertiary/aromatic N) is 1. The molecule has 0 amide bonds. The molecule has 0 aromatic heterocycles. The summed E-state index contributed by atoms with van der Waals surface area (Å²) in [7, 11) is -1.83. The van der Waals surface area contributed by atoms with Gasteiger partial charge in [-0.05, 0) is 19.1 Å². The van der Waals surface area contributed by atoms with Crippen LogP contribution in [0.15, 0.2) is 30.3 Å². The Bertz CT molecular complexity index is 330. The van der Waals surface area contributed by atoms with Crippen LogP contribution < -0.4 is 4.81 Å². The van der Waals surface area contributed by atoms with E-state index in [1.54, 1.807) is 30.3 Å². The van der Waals surface area contributed by atoms with Crippen molar-refractivity contribution in [3.63, 3.8) is 0 Å². The molecule has 6 heteroatoms. The molecule has 1 unspecified atom stereocenters. The fourth-order valence-corrected chi connectivity index (χ4v) is 1.28. The van der Waals surface area contributed by atoms with E-state index in [1.807, 2.05) is 0 Å². The number of para-hydroxylation sites is 1. The van der Waals surface area contributed by atoms with Gasteiger partial charge in [0.25, 0.3) is 0 Å². The number of carbonyl (C=O) groups is 1. The number of benzene rings is 1. The maximum atomic E-state index is 10.8. The van der Waals surface area contributed by atoms with E-state index in [4.69, 9.17) is 15.2 Å². The largest absolute Gasteiger partial charge is 0.588 e. The molecule has 0 saturated heterocycles. The van der Waals surface area contributed by atoms with Crippen LogP contribution in [-0.2, 0) is 4.79 Å². The van der Waals surface area contributed by atoms with Gasteiger partial charge >= 0.3 is 13.2 Å². The molecule has 0 saturated carbocycles. The molecule has 3 N–H and O–H groups in total. The highest BCUT2D eigenvalue weighted by Crippen LogP contribution is 2.16. The molecule has 0 heterocycles. The molecule has 0 aliphatic carbocycles. The zero-order valence-corrected chi connectivity index (χ0v) is 8.24. The summed E-state index contributed by atoms with van der Waals surface area (Å²) in [5.74, 6) is -1.12. The first-order valence-electron chi connectivity index (χ1n) is 4.46. The van der Waals surface area contributed by atoms with Gasteiger partial charge in [-0.3, -0.25) is 4.79 Å². The summed E-state index contributed by atoms with van der Waals surface area (Å²) in [5.41, 5.74) is 0.447. The van der Waals surface area contributed by atoms with E-state index < -0.39 is 19.3 Å².